The lowest BCUT2D eigenvalue weighted by molar-refractivity contribution is 0.353. The van der Waals surface area contributed by atoms with Gasteiger partial charge in [-0.1, -0.05) is 6.07 Å². The largest absolute Gasteiger partial charge is 0.355 e. The van der Waals surface area contributed by atoms with Gasteiger partial charge in [-0.05, 0) is 49.4 Å². The van der Waals surface area contributed by atoms with E-state index in [1.54, 1.807) is 0 Å². The van der Waals surface area contributed by atoms with Gasteiger partial charge in [-0.25, -0.2) is 0 Å². The molecule has 2 fully saturated rings. The minimum Gasteiger partial charge on any atom is -0.355 e. The van der Waals surface area contributed by atoms with Gasteiger partial charge in [-0.2, -0.15) is 10.2 Å². The molecule has 5 heterocycles. The van der Waals surface area contributed by atoms with E-state index in [4.69, 9.17) is 0 Å². The van der Waals surface area contributed by atoms with E-state index in [9.17, 15) is 0 Å². The van der Waals surface area contributed by atoms with Crippen molar-refractivity contribution in [3.8, 4) is 22.4 Å². The lowest BCUT2D eigenvalue weighted by atomic mass is 9.98. The second-order valence-electron chi connectivity index (χ2n) is 8.87. The molecule has 2 N–H and O–H groups in total. The Morgan fingerprint density at radius 2 is 1.81 bits per heavy atom. The van der Waals surface area contributed by atoms with Crippen molar-refractivity contribution >= 4 is 16.7 Å². The topological polar surface area (TPSA) is 87.6 Å². The number of H-pyrrole nitrogens is 1. The van der Waals surface area contributed by atoms with Crippen LogP contribution < -0.4 is 10.2 Å². The maximum atomic E-state index is 4.58. The van der Waals surface area contributed by atoms with E-state index in [-0.39, 0.29) is 0 Å². The van der Waals surface area contributed by atoms with Crippen molar-refractivity contribution in [3.05, 3.63) is 42.9 Å². The lowest BCUT2D eigenvalue weighted by Gasteiger charge is -2.36. The summed E-state index contributed by atoms with van der Waals surface area (Å²) in [4.78, 5) is 2.31. The zero-order chi connectivity index (χ0) is 20.9. The Hall–Kier alpha value is -3.26. The summed E-state index contributed by atoms with van der Waals surface area (Å²) in [5.74, 6) is 0.933. The van der Waals surface area contributed by atoms with Gasteiger partial charge in [0.2, 0.25) is 0 Å². The quantitative estimate of drug-likeness (QED) is 0.533. The van der Waals surface area contributed by atoms with E-state index in [1.807, 2.05) is 30.3 Å². The van der Waals surface area contributed by atoms with Crippen molar-refractivity contribution in [1.29, 1.82) is 0 Å². The Bertz CT molecular complexity index is 1210. The van der Waals surface area contributed by atoms with Crippen LogP contribution in [0.1, 0.15) is 25.7 Å². The third-order valence-electron chi connectivity index (χ3n) is 6.92. The Kier molecular flexibility index (Phi) is 4.27. The molecular weight excluding hydrogens is 388 g/mol. The maximum Gasteiger partial charge on any atom is 0.151 e. The number of aromatic nitrogens is 6. The maximum absolute atomic E-state index is 4.58. The van der Waals surface area contributed by atoms with E-state index in [1.165, 1.54) is 25.7 Å². The van der Waals surface area contributed by atoms with Gasteiger partial charge in [-0.15, -0.1) is 10.2 Å². The molecule has 0 aliphatic carbocycles. The molecule has 4 aromatic rings. The first-order chi connectivity index (χ1) is 15.2. The summed E-state index contributed by atoms with van der Waals surface area (Å²) in [6.45, 7) is 0. The molecule has 6 rings (SSSR count). The molecule has 8 nitrogen and oxygen atoms in total. The molecule has 2 saturated heterocycles. The number of hydrogen-bond acceptors (Lipinski definition) is 6. The average Bonchev–Trinajstić information content (AvgIpc) is 3.53. The van der Waals surface area contributed by atoms with Crippen LogP contribution in [0, 0.1) is 0 Å². The summed E-state index contributed by atoms with van der Waals surface area (Å²) in [5, 5.41) is 25.7. The van der Waals surface area contributed by atoms with Crippen molar-refractivity contribution in [2.75, 3.05) is 11.9 Å². The highest BCUT2D eigenvalue weighted by atomic mass is 15.3. The molecule has 8 heteroatoms. The van der Waals surface area contributed by atoms with Crippen LogP contribution >= 0.6 is 0 Å². The second kappa shape index (κ2) is 7.16. The molecule has 3 aromatic heterocycles. The zero-order valence-electron chi connectivity index (χ0n) is 17.8. The first-order valence-corrected chi connectivity index (χ1v) is 10.9. The number of anilines is 1. The first-order valence-electron chi connectivity index (χ1n) is 10.9. The van der Waals surface area contributed by atoms with Crippen LogP contribution in [0.15, 0.2) is 42.9 Å². The smallest absolute Gasteiger partial charge is 0.151 e. The molecule has 31 heavy (non-hydrogen) atoms. The number of nitrogens with zero attached hydrogens (tertiary/aromatic N) is 6. The van der Waals surface area contributed by atoms with E-state index in [0.29, 0.717) is 18.1 Å². The molecule has 0 spiro atoms. The molecule has 0 radical (unpaired) electrons. The van der Waals surface area contributed by atoms with Crippen molar-refractivity contribution in [2.45, 2.75) is 43.8 Å². The number of fused-ring (bicyclic) bond motifs is 3. The van der Waals surface area contributed by atoms with Crippen LogP contribution in [-0.2, 0) is 7.05 Å². The summed E-state index contributed by atoms with van der Waals surface area (Å²) in [5.41, 5.74) is 4.98. The van der Waals surface area contributed by atoms with Gasteiger partial charge in [0.15, 0.2) is 5.82 Å². The van der Waals surface area contributed by atoms with Crippen molar-refractivity contribution in [2.24, 2.45) is 7.05 Å². The molecule has 2 bridgehead atoms. The minimum absolute atomic E-state index is 0.525. The highest BCUT2D eigenvalue weighted by molar-refractivity contribution is 6.01. The Morgan fingerprint density at radius 3 is 2.52 bits per heavy atom. The molecule has 2 aliphatic heterocycles. The SMILES string of the molecule is CN(c1ccc(-c2ccc(-c3cnn(C)c3)c3cn[nH]c23)nn1)C1CC2CCC(C1)N2. The summed E-state index contributed by atoms with van der Waals surface area (Å²) in [6, 6.07) is 10.2. The zero-order valence-corrected chi connectivity index (χ0v) is 17.8. The third-order valence-corrected chi connectivity index (χ3v) is 6.92. The molecule has 2 aliphatic rings. The van der Waals surface area contributed by atoms with E-state index in [0.717, 1.165) is 39.1 Å². The normalized spacial score (nSPS) is 22.8. The highest BCUT2D eigenvalue weighted by Crippen LogP contribution is 2.34. The molecule has 2 unspecified atom stereocenters. The van der Waals surface area contributed by atoms with Crippen LogP contribution in [-0.4, -0.2) is 55.3 Å². The van der Waals surface area contributed by atoms with Gasteiger partial charge in [0.25, 0.3) is 0 Å². The molecule has 2 atom stereocenters. The van der Waals surface area contributed by atoms with E-state index in [2.05, 4.69) is 67.0 Å². The van der Waals surface area contributed by atoms with Gasteiger partial charge >= 0.3 is 0 Å². The number of hydrogen-bond donors (Lipinski definition) is 2. The van der Waals surface area contributed by atoms with Gasteiger partial charge in [0.1, 0.15) is 0 Å². The Balaban J connectivity index is 1.30. The second-order valence-corrected chi connectivity index (χ2v) is 8.87. The highest BCUT2D eigenvalue weighted by Gasteiger charge is 2.35. The van der Waals surface area contributed by atoms with Crippen LogP contribution in [0.5, 0.6) is 0 Å². The third kappa shape index (κ3) is 3.18. The number of piperidine rings is 1. The Labute approximate surface area is 180 Å². The number of aryl methyl sites for hydroxylation is 1. The predicted molar refractivity (Wildman–Crippen MR) is 121 cm³/mol. The van der Waals surface area contributed by atoms with Crippen molar-refractivity contribution in [1.82, 2.24) is 35.5 Å². The monoisotopic (exact) mass is 414 g/mol. The lowest BCUT2D eigenvalue weighted by Crippen LogP contribution is -2.47. The van der Waals surface area contributed by atoms with Crippen LogP contribution in [0.3, 0.4) is 0 Å². The molecule has 1 aromatic carbocycles. The number of aromatic amines is 1. The summed E-state index contributed by atoms with van der Waals surface area (Å²) >= 11 is 0. The molecular formula is C23H26N8. The summed E-state index contributed by atoms with van der Waals surface area (Å²) in [7, 11) is 4.07. The van der Waals surface area contributed by atoms with Crippen LogP contribution in [0.25, 0.3) is 33.3 Å². The number of benzene rings is 1. The van der Waals surface area contributed by atoms with E-state index >= 15 is 0 Å². The van der Waals surface area contributed by atoms with Gasteiger partial charge < -0.3 is 10.2 Å². The fraction of sp³-hybridized carbons (Fsp3) is 0.391. The van der Waals surface area contributed by atoms with Crippen molar-refractivity contribution < 1.29 is 0 Å². The summed E-state index contributed by atoms with van der Waals surface area (Å²) < 4.78 is 1.81. The first kappa shape index (κ1) is 18.5. The van der Waals surface area contributed by atoms with Gasteiger partial charge in [0.05, 0.1) is 23.6 Å². The standard InChI is InChI=1S/C23H26N8/c1-30-13-14(11-25-30)18-5-6-19(23-20(18)12-24-29-23)21-7-8-22(28-27-21)31(2)17-9-15-3-4-16(10-17)26-15/h5-8,11-13,15-17,26H,3-4,9-10H2,1-2H3,(H,24,29). The molecule has 0 amide bonds. The van der Waals surface area contributed by atoms with Crippen molar-refractivity contribution in [3.63, 3.8) is 0 Å². The van der Waals surface area contributed by atoms with E-state index < -0.39 is 0 Å². The fourth-order valence-electron chi connectivity index (χ4n) is 5.25. The van der Waals surface area contributed by atoms with Gasteiger partial charge in [-0.3, -0.25) is 9.78 Å². The number of nitrogens with one attached hydrogen (secondary N) is 2. The fourth-order valence-corrected chi connectivity index (χ4v) is 5.25. The average molecular weight is 415 g/mol. The predicted octanol–water partition coefficient (Wildman–Crippen LogP) is 3.14. The van der Waals surface area contributed by atoms with Crippen LogP contribution in [0.2, 0.25) is 0 Å². The molecule has 158 valence electrons. The Morgan fingerprint density at radius 1 is 1.00 bits per heavy atom. The minimum atomic E-state index is 0.525. The number of rotatable bonds is 4. The van der Waals surface area contributed by atoms with Crippen LogP contribution in [0.4, 0.5) is 5.82 Å². The molecule has 0 saturated carbocycles. The summed E-state index contributed by atoms with van der Waals surface area (Å²) in [6.07, 6.45) is 10.7. The van der Waals surface area contributed by atoms with Gasteiger partial charge in [0, 0.05) is 54.9 Å².